The van der Waals surface area contributed by atoms with Crippen molar-refractivity contribution in [2.24, 2.45) is 0 Å². The molecule has 2 aliphatic rings. The predicted octanol–water partition coefficient (Wildman–Crippen LogP) is 9.57. The minimum absolute atomic E-state index is 0.0187. The van der Waals surface area contributed by atoms with Crippen LogP contribution in [0.15, 0.2) is 89.9 Å². The van der Waals surface area contributed by atoms with Crippen LogP contribution in [0, 0.1) is 0 Å². The molecule has 0 aliphatic carbocycles. The van der Waals surface area contributed by atoms with Crippen molar-refractivity contribution in [1.82, 2.24) is 14.9 Å². The molecule has 59 heavy (non-hydrogen) atoms. The Balaban J connectivity index is 1.24. The molecule has 1 aromatic heterocycles. The Kier molecular flexibility index (Phi) is 13.5. The number of carbonyl (C=O) groups is 1. The van der Waals surface area contributed by atoms with Crippen LogP contribution in [0.3, 0.4) is 0 Å². The van der Waals surface area contributed by atoms with Gasteiger partial charge in [-0.25, -0.2) is 19.4 Å². The summed E-state index contributed by atoms with van der Waals surface area (Å²) in [6, 6.07) is 24.8. The zero-order valence-corrected chi connectivity index (χ0v) is 37.8. The van der Waals surface area contributed by atoms with Gasteiger partial charge in [-0.15, -0.1) is 0 Å². The van der Waals surface area contributed by atoms with Gasteiger partial charge in [-0.3, -0.25) is 18.6 Å². The van der Waals surface area contributed by atoms with E-state index >= 15 is 0 Å². The molecule has 16 heteroatoms. The molecule has 3 heterocycles. The third-order valence-corrected chi connectivity index (χ3v) is 19.7. The molecule has 1 amide bonds. The maximum atomic E-state index is 14.1. The first-order valence-corrected chi connectivity index (χ1v) is 25.8. The monoisotopic (exact) mass is 846 g/mol. The van der Waals surface area contributed by atoms with Crippen LogP contribution in [-0.2, 0) is 39.8 Å². The fourth-order valence-corrected chi connectivity index (χ4v) is 6.98. The Bertz CT molecular complexity index is 2110. The van der Waals surface area contributed by atoms with E-state index in [0.717, 1.165) is 16.7 Å². The normalized spacial score (nSPS) is 18.2. The Morgan fingerprint density at radius 1 is 0.864 bits per heavy atom. The molecule has 318 valence electrons. The minimum Gasteiger partial charge on any atom is -0.449 e. The van der Waals surface area contributed by atoms with Crippen LogP contribution in [0.5, 0.6) is 11.5 Å². The molecule has 0 bridgehead atoms. The van der Waals surface area contributed by atoms with Crippen molar-refractivity contribution >= 4 is 34.2 Å². The van der Waals surface area contributed by atoms with Crippen molar-refractivity contribution in [3.8, 4) is 22.6 Å². The summed E-state index contributed by atoms with van der Waals surface area (Å²) in [6.07, 6.45) is -0.749. The molecule has 6 rings (SSSR count). The number of anilines is 2. The second-order valence-corrected chi connectivity index (χ2v) is 27.2. The number of ether oxygens (including phenoxy) is 3. The lowest BCUT2D eigenvalue weighted by molar-refractivity contribution is -0.290. The first-order chi connectivity index (χ1) is 27.8. The van der Waals surface area contributed by atoms with Gasteiger partial charge in [0.1, 0.15) is 37.3 Å². The second-order valence-electron chi connectivity index (χ2n) is 17.8. The number of nitrogens with zero attached hydrogens (tertiary/aromatic N) is 3. The summed E-state index contributed by atoms with van der Waals surface area (Å²) < 4.78 is 32.0. The van der Waals surface area contributed by atoms with E-state index in [9.17, 15) is 9.59 Å². The highest BCUT2D eigenvalue weighted by molar-refractivity contribution is 6.74. The second kappa shape index (κ2) is 18.1. The van der Waals surface area contributed by atoms with E-state index in [4.69, 9.17) is 38.0 Å². The number of benzene rings is 3. The summed E-state index contributed by atoms with van der Waals surface area (Å²) in [7, 11) is -4.57. The number of hydrogen-bond donors (Lipinski definition) is 1. The lowest BCUT2D eigenvalue weighted by atomic mass is 10.0. The molecule has 0 radical (unpaired) electrons. The van der Waals surface area contributed by atoms with Gasteiger partial charge in [0, 0.05) is 18.5 Å². The van der Waals surface area contributed by atoms with Crippen molar-refractivity contribution in [3.05, 3.63) is 101 Å². The Morgan fingerprint density at radius 2 is 1.53 bits per heavy atom. The lowest BCUT2D eigenvalue weighted by Crippen LogP contribution is -2.44. The number of para-hydroxylation sites is 1. The molecule has 4 aromatic rings. The van der Waals surface area contributed by atoms with E-state index in [1.54, 1.807) is 6.20 Å². The quantitative estimate of drug-likeness (QED) is 0.0527. The zero-order chi connectivity index (χ0) is 42.6. The van der Waals surface area contributed by atoms with Crippen LogP contribution in [-0.4, -0.2) is 64.2 Å². The van der Waals surface area contributed by atoms with E-state index in [1.165, 1.54) is 9.63 Å². The summed E-state index contributed by atoms with van der Waals surface area (Å²) in [6.45, 7) is 21.5. The fourth-order valence-electron chi connectivity index (χ4n) is 5.75. The Labute approximate surface area is 348 Å². The smallest absolute Gasteiger partial charge is 0.407 e. The first kappa shape index (κ1) is 44.2. The first-order valence-electron chi connectivity index (χ1n) is 20.0. The summed E-state index contributed by atoms with van der Waals surface area (Å²) in [5.41, 5.74) is 2.51. The average Bonchev–Trinajstić information content (AvgIpc) is 3.59. The number of nitrogens with one attached hydrogen (secondary N) is 1. The summed E-state index contributed by atoms with van der Waals surface area (Å²) >= 11 is 0. The highest BCUT2D eigenvalue weighted by atomic mass is 28.4. The Hall–Kier alpha value is -4.40. The molecule has 0 saturated carbocycles. The van der Waals surface area contributed by atoms with Crippen molar-refractivity contribution in [2.75, 3.05) is 24.8 Å². The fraction of sp³-hybridized carbons (Fsp3) is 0.465. The van der Waals surface area contributed by atoms with Gasteiger partial charge in [0.05, 0.1) is 12.8 Å². The number of aromatic nitrogens is 2. The van der Waals surface area contributed by atoms with E-state index in [2.05, 4.69) is 78.0 Å². The number of alkyl carbamates (subject to hydrolysis) is 1. The van der Waals surface area contributed by atoms with E-state index in [0.29, 0.717) is 11.4 Å². The van der Waals surface area contributed by atoms with Gasteiger partial charge >= 0.3 is 11.8 Å². The molecule has 1 N–H and O–H groups in total. The van der Waals surface area contributed by atoms with Crippen LogP contribution < -0.4 is 20.8 Å². The molecule has 0 unspecified atom stereocenters. The van der Waals surface area contributed by atoms with Crippen LogP contribution >= 0.6 is 0 Å². The number of amides is 1. The van der Waals surface area contributed by atoms with Crippen molar-refractivity contribution in [3.63, 3.8) is 0 Å². The van der Waals surface area contributed by atoms with Crippen LogP contribution in [0.4, 0.5) is 16.3 Å². The Morgan fingerprint density at radius 3 is 2.20 bits per heavy atom. The number of fused-ring (bicyclic) bond motifs is 2. The summed E-state index contributed by atoms with van der Waals surface area (Å²) in [5, 5.41) is 4.04. The maximum Gasteiger partial charge on any atom is 0.407 e. The van der Waals surface area contributed by atoms with Gasteiger partial charge in [0.15, 0.2) is 11.5 Å². The van der Waals surface area contributed by atoms with Gasteiger partial charge in [-0.2, -0.15) is 10.0 Å². The molecule has 2 aliphatic heterocycles. The van der Waals surface area contributed by atoms with Gasteiger partial charge in [0.2, 0.25) is 22.5 Å². The molecule has 3 atom stereocenters. The van der Waals surface area contributed by atoms with Crippen LogP contribution in [0.25, 0.3) is 11.1 Å². The van der Waals surface area contributed by atoms with Crippen LogP contribution in [0.2, 0.25) is 36.3 Å². The molecule has 3 aromatic carbocycles. The minimum atomic E-state index is -2.32. The maximum absolute atomic E-state index is 14.1. The third kappa shape index (κ3) is 10.5. The summed E-state index contributed by atoms with van der Waals surface area (Å²) in [4.78, 5) is 49.5. The summed E-state index contributed by atoms with van der Waals surface area (Å²) in [5.74, 6) is 0.882. The number of hydrogen-bond acceptors (Lipinski definition) is 12. The molecule has 1 saturated heterocycles. The van der Waals surface area contributed by atoms with E-state index in [-0.39, 0.29) is 54.4 Å². The van der Waals surface area contributed by atoms with Crippen molar-refractivity contribution in [1.29, 1.82) is 0 Å². The topological polar surface area (TPSA) is 141 Å². The largest absolute Gasteiger partial charge is 0.449 e. The standard InChI is InChI=1S/C43H58N4O10Si2/c1-42(2,3)58(7,8)56-52-29-36-34(55-57-59(9,10)43(4,5)6)26-37(54-36)46-27-35-39(45-40(46)48)47(51-25-24-44-41(49)50-28-30-18-13-11-14-19-30)38-32(22-17-23-33(38)53-35)31-20-15-12-16-21-31/h11-23,27,34,36-37H,24-26,28-29H2,1-10H3,(H,44,49)/t34-,36+,37+/m0/s1. The zero-order valence-electron chi connectivity index (χ0n) is 35.8. The predicted molar refractivity (Wildman–Crippen MR) is 229 cm³/mol. The SMILES string of the molecule is CC(C)(C)[Si](C)(C)OOC[C@H]1O[C@@H](n2cc3c(nc2=O)N(OCCNC(=O)OCc2ccccc2)c2c(cccc2-c2ccccc2)O3)C[C@@H]1OO[Si](C)(C)C(C)(C)C. The highest BCUT2D eigenvalue weighted by Gasteiger charge is 2.45. The molecule has 14 nitrogen and oxygen atoms in total. The van der Waals surface area contributed by atoms with Gasteiger partial charge in [-0.05, 0) is 53.5 Å². The van der Waals surface area contributed by atoms with Gasteiger partial charge in [0.25, 0.3) is 0 Å². The molecule has 0 spiro atoms. The lowest BCUT2D eigenvalue weighted by Gasteiger charge is -2.36. The average molecular weight is 847 g/mol. The third-order valence-electron chi connectivity index (χ3n) is 11.4. The van der Waals surface area contributed by atoms with Crippen molar-refractivity contribution < 1.29 is 42.8 Å². The van der Waals surface area contributed by atoms with Gasteiger partial charge in [-0.1, -0.05) is 114 Å². The molecular formula is C43H58N4O10Si2. The van der Waals surface area contributed by atoms with Crippen molar-refractivity contribution in [2.45, 2.75) is 109 Å². The molecular weight excluding hydrogens is 789 g/mol. The number of rotatable bonds is 15. The van der Waals surface area contributed by atoms with E-state index < -0.39 is 46.9 Å². The van der Waals surface area contributed by atoms with Crippen LogP contribution in [0.1, 0.15) is 59.8 Å². The highest BCUT2D eigenvalue weighted by Crippen LogP contribution is 2.50. The van der Waals surface area contributed by atoms with Gasteiger partial charge < -0.3 is 19.5 Å². The number of carbonyl (C=O) groups excluding carboxylic acids is 1. The van der Waals surface area contributed by atoms with E-state index in [1.807, 2.05) is 78.9 Å². The molecule has 1 fully saturated rings.